The molecular formula is C24H31NO4. The first-order valence-electron chi connectivity index (χ1n) is 10.2. The summed E-state index contributed by atoms with van der Waals surface area (Å²) in [7, 11) is 3.30. The summed E-state index contributed by atoms with van der Waals surface area (Å²) in [5, 5.41) is 0. The van der Waals surface area contributed by atoms with Crippen molar-refractivity contribution in [3.8, 4) is 17.2 Å². The van der Waals surface area contributed by atoms with E-state index in [0.29, 0.717) is 5.92 Å². The molecule has 156 valence electrons. The lowest BCUT2D eigenvalue weighted by molar-refractivity contribution is -0.134. The Bertz CT molecular complexity index is 862. The van der Waals surface area contributed by atoms with Crippen LogP contribution in [0.2, 0.25) is 0 Å². The number of hydrogen-bond acceptors (Lipinski definition) is 4. The van der Waals surface area contributed by atoms with Gasteiger partial charge >= 0.3 is 0 Å². The number of aryl methyl sites for hydroxylation is 1. The maximum Gasteiger partial charge on any atom is 0.261 e. The first kappa shape index (κ1) is 21.0. The second-order valence-electron chi connectivity index (χ2n) is 7.84. The summed E-state index contributed by atoms with van der Waals surface area (Å²) < 4.78 is 16.9. The van der Waals surface area contributed by atoms with Crippen molar-refractivity contribution >= 4 is 5.91 Å². The molecule has 2 aromatic rings. The third-order valence-electron chi connectivity index (χ3n) is 5.51. The van der Waals surface area contributed by atoms with Crippen molar-refractivity contribution in [2.45, 2.75) is 45.6 Å². The molecule has 0 aliphatic carbocycles. The van der Waals surface area contributed by atoms with Gasteiger partial charge in [-0.1, -0.05) is 26.0 Å². The zero-order valence-electron chi connectivity index (χ0n) is 18.0. The van der Waals surface area contributed by atoms with Gasteiger partial charge in [0.1, 0.15) is 17.2 Å². The quantitative estimate of drug-likeness (QED) is 0.668. The Morgan fingerprint density at radius 1 is 1.10 bits per heavy atom. The molecule has 29 heavy (non-hydrogen) atoms. The van der Waals surface area contributed by atoms with Gasteiger partial charge in [0.25, 0.3) is 5.91 Å². The van der Waals surface area contributed by atoms with Crippen LogP contribution in [0.15, 0.2) is 36.4 Å². The molecule has 1 aliphatic rings. The molecule has 1 amide bonds. The molecule has 1 aliphatic heterocycles. The highest BCUT2D eigenvalue weighted by Gasteiger charge is 2.32. The van der Waals surface area contributed by atoms with E-state index in [1.807, 2.05) is 36.1 Å². The van der Waals surface area contributed by atoms with Gasteiger partial charge in [-0.15, -0.1) is 0 Å². The van der Waals surface area contributed by atoms with Crippen LogP contribution in [0.25, 0.3) is 0 Å². The van der Waals surface area contributed by atoms with Crippen molar-refractivity contribution in [1.29, 1.82) is 0 Å². The maximum atomic E-state index is 13.1. The topological polar surface area (TPSA) is 48.0 Å². The summed E-state index contributed by atoms with van der Waals surface area (Å²) in [6.45, 7) is 7.05. The fraction of sp³-hybridized carbons (Fsp3) is 0.458. The van der Waals surface area contributed by atoms with Crippen molar-refractivity contribution in [3.63, 3.8) is 0 Å². The molecule has 5 heteroatoms. The summed E-state index contributed by atoms with van der Waals surface area (Å²) in [5.41, 5.74) is 3.23. The summed E-state index contributed by atoms with van der Waals surface area (Å²) in [6.07, 6.45) is 1.86. The molecule has 1 fully saturated rings. The molecule has 3 rings (SSSR count). The number of benzene rings is 2. The van der Waals surface area contributed by atoms with Crippen molar-refractivity contribution in [1.82, 2.24) is 4.90 Å². The van der Waals surface area contributed by atoms with E-state index in [4.69, 9.17) is 14.2 Å². The van der Waals surface area contributed by atoms with Gasteiger partial charge in [0, 0.05) is 12.1 Å². The van der Waals surface area contributed by atoms with Crippen molar-refractivity contribution < 1.29 is 19.0 Å². The standard InChI is InChI=1S/C24H31NO4/c1-16(2)19-10-8-17(3)13-23(19)29-15-24(26)25-12-6-7-21(25)20-14-18(27-4)9-11-22(20)28-5/h8-11,13-14,16,21H,6-7,12,15H2,1-5H3/t21-/m1/s1. The van der Waals surface area contributed by atoms with Crippen LogP contribution in [0.5, 0.6) is 17.2 Å². The fourth-order valence-corrected chi connectivity index (χ4v) is 3.95. The average Bonchev–Trinajstić information content (AvgIpc) is 3.21. The van der Waals surface area contributed by atoms with Crippen LogP contribution in [0.3, 0.4) is 0 Å². The van der Waals surface area contributed by atoms with E-state index in [1.54, 1.807) is 14.2 Å². The zero-order valence-corrected chi connectivity index (χ0v) is 18.0. The molecule has 1 heterocycles. The van der Waals surface area contributed by atoms with Gasteiger partial charge in [0.2, 0.25) is 0 Å². The van der Waals surface area contributed by atoms with Crippen molar-refractivity contribution in [2.75, 3.05) is 27.4 Å². The molecule has 0 unspecified atom stereocenters. The molecule has 0 aromatic heterocycles. The van der Waals surface area contributed by atoms with E-state index in [1.165, 1.54) is 0 Å². The number of carbonyl (C=O) groups excluding carboxylic acids is 1. The maximum absolute atomic E-state index is 13.1. The lowest BCUT2D eigenvalue weighted by atomic mass is 10.0. The van der Waals surface area contributed by atoms with Gasteiger partial charge in [-0.2, -0.15) is 0 Å². The lowest BCUT2D eigenvalue weighted by Crippen LogP contribution is -2.34. The van der Waals surface area contributed by atoms with Gasteiger partial charge in [-0.3, -0.25) is 4.79 Å². The molecule has 0 bridgehead atoms. The highest BCUT2D eigenvalue weighted by Crippen LogP contribution is 2.39. The Morgan fingerprint density at radius 2 is 1.90 bits per heavy atom. The van der Waals surface area contributed by atoms with Crippen LogP contribution in [0, 0.1) is 6.92 Å². The second-order valence-corrected chi connectivity index (χ2v) is 7.84. The normalized spacial score (nSPS) is 16.2. The van der Waals surface area contributed by atoms with E-state index in [2.05, 4.69) is 26.0 Å². The average molecular weight is 398 g/mol. The van der Waals surface area contributed by atoms with Gasteiger partial charge in [0.05, 0.1) is 20.3 Å². The van der Waals surface area contributed by atoms with E-state index >= 15 is 0 Å². The zero-order chi connectivity index (χ0) is 21.0. The van der Waals surface area contributed by atoms with Crippen LogP contribution < -0.4 is 14.2 Å². The Kier molecular flexibility index (Phi) is 6.68. The fourth-order valence-electron chi connectivity index (χ4n) is 3.95. The number of nitrogens with zero attached hydrogens (tertiary/aromatic N) is 1. The number of ether oxygens (including phenoxy) is 3. The van der Waals surface area contributed by atoms with Crippen molar-refractivity contribution in [2.24, 2.45) is 0 Å². The first-order chi connectivity index (χ1) is 13.9. The molecule has 5 nitrogen and oxygen atoms in total. The largest absolute Gasteiger partial charge is 0.497 e. The number of rotatable bonds is 7. The summed E-state index contributed by atoms with van der Waals surface area (Å²) in [6, 6.07) is 11.9. The molecule has 0 saturated carbocycles. The molecule has 2 aromatic carbocycles. The monoisotopic (exact) mass is 397 g/mol. The van der Waals surface area contributed by atoms with E-state index in [-0.39, 0.29) is 18.6 Å². The van der Waals surface area contributed by atoms with Crippen LogP contribution in [0.4, 0.5) is 0 Å². The Morgan fingerprint density at radius 3 is 2.59 bits per heavy atom. The Balaban J connectivity index is 1.77. The minimum atomic E-state index is -0.0294. The van der Waals surface area contributed by atoms with Gasteiger partial charge < -0.3 is 19.1 Å². The third-order valence-corrected chi connectivity index (χ3v) is 5.51. The predicted molar refractivity (Wildman–Crippen MR) is 114 cm³/mol. The van der Waals surface area contributed by atoms with Gasteiger partial charge in [-0.05, 0) is 61.1 Å². The number of likely N-dealkylation sites (tertiary alicyclic amines) is 1. The van der Waals surface area contributed by atoms with Crippen LogP contribution in [0.1, 0.15) is 55.3 Å². The molecule has 0 radical (unpaired) electrons. The minimum absolute atomic E-state index is 0.00594. The first-order valence-corrected chi connectivity index (χ1v) is 10.2. The van der Waals surface area contributed by atoms with Crippen LogP contribution in [-0.4, -0.2) is 38.2 Å². The molecule has 1 saturated heterocycles. The van der Waals surface area contributed by atoms with Crippen LogP contribution >= 0.6 is 0 Å². The smallest absolute Gasteiger partial charge is 0.261 e. The lowest BCUT2D eigenvalue weighted by Gasteiger charge is -2.27. The van der Waals surface area contributed by atoms with Gasteiger partial charge in [0.15, 0.2) is 6.61 Å². The SMILES string of the molecule is COc1ccc(OC)c([C@H]2CCCN2C(=O)COc2cc(C)ccc2C(C)C)c1. The third kappa shape index (κ3) is 4.66. The highest BCUT2D eigenvalue weighted by molar-refractivity contribution is 5.79. The number of amides is 1. The van der Waals surface area contributed by atoms with Crippen molar-refractivity contribution in [3.05, 3.63) is 53.1 Å². The Labute approximate surface area is 173 Å². The second kappa shape index (κ2) is 9.21. The molecule has 0 N–H and O–H groups in total. The Hall–Kier alpha value is -2.69. The number of carbonyl (C=O) groups is 1. The number of methoxy groups -OCH3 is 2. The van der Waals surface area contributed by atoms with E-state index in [9.17, 15) is 4.79 Å². The summed E-state index contributed by atoms with van der Waals surface area (Å²) in [5.74, 6) is 2.66. The van der Waals surface area contributed by atoms with E-state index < -0.39 is 0 Å². The minimum Gasteiger partial charge on any atom is -0.497 e. The van der Waals surface area contributed by atoms with Gasteiger partial charge in [-0.25, -0.2) is 0 Å². The number of hydrogen-bond donors (Lipinski definition) is 0. The van der Waals surface area contributed by atoms with Crippen LogP contribution in [-0.2, 0) is 4.79 Å². The molecular weight excluding hydrogens is 366 g/mol. The summed E-state index contributed by atoms with van der Waals surface area (Å²) >= 11 is 0. The molecule has 1 atom stereocenters. The summed E-state index contributed by atoms with van der Waals surface area (Å²) in [4.78, 5) is 15.0. The highest BCUT2D eigenvalue weighted by atomic mass is 16.5. The molecule has 0 spiro atoms. The van der Waals surface area contributed by atoms with E-state index in [0.717, 1.165) is 53.3 Å². The predicted octanol–water partition coefficient (Wildman–Crippen LogP) is 4.88.